The van der Waals surface area contributed by atoms with Gasteiger partial charge in [-0.05, 0) is 31.1 Å². The van der Waals surface area contributed by atoms with E-state index in [1.165, 1.54) is 193 Å². The summed E-state index contributed by atoms with van der Waals surface area (Å²) in [5.41, 5.74) is 0. The van der Waals surface area contributed by atoms with Crippen molar-refractivity contribution < 1.29 is 28.6 Å². The molecule has 0 saturated heterocycles. The van der Waals surface area contributed by atoms with Crippen molar-refractivity contribution in [2.45, 2.75) is 310 Å². The summed E-state index contributed by atoms with van der Waals surface area (Å²) in [6, 6.07) is 0. The molecule has 0 saturated carbocycles. The van der Waals surface area contributed by atoms with E-state index in [4.69, 9.17) is 14.2 Å². The molecule has 1 unspecified atom stereocenters. The number of carbonyl (C=O) groups excluding carboxylic acids is 3. The number of ether oxygens (including phenoxy) is 3. The Morgan fingerprint density at radius 2 is 0.623 bits per heavy atom. The van der Waals surface area contributed by atoms with Crippen LogP contribution >= 0.6 is 0 Å². The first-order chi connectivity index (χ1) is 29.8. The molecule has 6 nitrogen and oxygen atoms in total. The van der Waals surface area contributed by atoms with Gasteiger partial charge < -0.3 is 14.2 Å². The highest BCUT2D eigenvalue weighted by atomic mass is 16.6. The Bertz CT molecular complexity index is 933. The van der Waals surface area contributed by atoms with Gasteiger partial charge in [-0.25, -0.2) is 0 Å². The first kappa shape index (κ1) is 59.4. The number of carbonyl (C=O) groups is 3. The summed E-state index contributed by atoms with van der Waals surface area (Å²) in [7, 11) is 0. The molecule has 0 rings (SSSR count). The van der Waals surface area contributed by atoms with Crippen molar-refractivity contribution in [3.05, 3.63) is 0 Å². The van der Waals surface area contributed by atoms with Gasteiger partial charge in [0.25, 0.3) is 0 Å². The number of hydrogen-bond donors (Lipinski definition) is 0. The zero-order valence-electron chi connectivity index (χ0n) is 41.8. The van der Waals surface area contributed by atoms with Crippen LogP contribution in [0.4, 0.5) is 0 Å². The molecule has 362 valence electrons. The van der Waals surface area contributed by atoms with E-state index < -0.39 is 6.10 Å². The molecule has 0 aromatic rings. The van der Waals surface area contributed by atoms with Crippen molar-refractivity contribution in [1.29, 1.82) is 0 Å². The molecule has 61 heavy (non-hydrogen) atoms. The molecule has 0 N–H and O–H groups in total. The van der Waals surface area contributed by atoms with Crippen LogP contribution in [0.1, 0.15) is 304 Å². The highest BCUT2D eigenvalue weighted by Gasteiger charge is 2.19. The van der Waals surface area contributed by atoms with Gasteiger partial charge in [0.1, 0.15) is 13.2 Å². The van der Waals surface area contributed by atoms with Crippen molar-refractivity contribution in [3.63, 3.8) is 0 Å². The minimum atomic E-state index is -0.762. The fourth-order valence-electron chi connectivity index (χ4n) is 8.31. The highest BCUT2D eigenvalue weighted by Crippen LogP contribution is 2.18. The van der Waals surface area contributed by atoms with E-state index in [1.54, 1.807) is 0 Å². The summed E-state index contributed by atoms with van der Waals surface area (Å²) in [5.74, 6) is 0.812. The predicted octanol–water partition coefficient (Wildman–Crippen LogP) is 17.7. The summed E-state index contributed by atoms with van der Waals surface area (Å²) in [4.78, 5) is 38.0. The SMILES string of the molecule is CCCCCCCCCCCCCCCCCCC(=O)O[C@H](COC(=O)CCCCCCCCCCCCCCCCC(C)C)COC(=O)CCCCCCCCC(C)CC. The van der Waals surface area contributed by atoms with Crippen LogP contribution in [0.5, 0.6) is 0 Å². The zero-order valence-corrected chi connectivity index (χ0v) is 41.8. The number of rotatable bonds is 49. The van der Waals surface area contributed by atoms with Crippen molar-refractivity contribution in [2.24, 2.45) is 11.8 Å². The van der Waals surface area contributed by atoms with Gasteiger partial charge in [0.05, 0.1) is 0 Å². The topological polar surface area (TPSA) is 78.9 Å². The van der Waals surface area contributed by atoms with Gasteiger partial charge in [0, 0.05) is 19.3 Å². The quantitative estimate of drug-likeness (QED) is 0.0344. The van der Waals surface area contributed by atoms with Gasteiger partial charge in [0.15, 0.2) is 6.10 Å². The molecule has 0 fully saturated rings. The van der Waals surface area contributed by atoms with Gasteiger partial charge in [-0.1, -0.05) is 266 Å². The van der Waals surface area contributed by atoms with E-state index in [9.17, 15) is 14.4 Å². The van der Waals surface area contributed by atoms with Crippen LogP contribution in [0, 0.1) is 11.8 Å². The molecule has 0 amide bonds. The summed E-state index contributed by atoms with van der Waals surface area (Å²) in [6.07, 6.45) is 49.5. The normalized spacial score (nSPS) is 12.5. The Morgan fingerprint density at radius 1 is 0.344 bits per heavy atom. The first-order valence-corrected chi connectivity index (χ1v) is 27.3. The average molecular weight is 863 g/mol. The Labute approximate surface area is 380 Å². The van der Waals surface area contributed by atoms with E-state index in [-0.39, 0.29) is 31.1 Å². The van der Waals surface area contributed by atoms with Gasteiger partial charge >= 0.3 is 17.9 Å². The maximum Gasteiger partial charge on any atom is 0.306 e. The third kappa shape index (κ3) is 47.7. The lowest BCUT2D eigenvalue weighted by Crippen LogP contribution is -2.30. The highest BCUT2D eigenvalue weighted by molar-refractivity contribution is 5.71. The second kappa shape index (κ2) is 47.9. The van der Waals surface area contributed by atoms with E-state index in [2.05, 4.69) is 34.6 Å². The lowest BCUT2D eigenvalue weighted by atomic mass is 10.00. The van der Waals surface area contributed by atoms with Crippen LogP contribution in [0.2, 0.25) is 0 Å². The van der Waals surface area contributed by atoms with Crippen LogP contribution in [-0.2, 0) is 28.6 Å². The van der Waals surface area contributed by atoms with Crippen LogP contribution < -0.4 is 0 Å². The van der Waals surface area contributed by atoms with Crippen LogP contribution in [0.15, 0.2) is 0 Å². The molecule has 0 aliphatic rings. The predicted molar refractivity (Wildman–Crippen MR) is 261 cm³/mol. The molecule has 0 aromatic carbocycles. The van der Waals surface area contributed by atoms with E-state index in [0.29, 0.717) is 19.3 Å². The first-order valence-electron chi connectivity index (χ1n) is 27.3. The minimum absolute atomic E-state index is 0.0639. The molecule has 0 aliphatic heterocycles. The molecule has 6 heteroatoms. The van der Waals surface area contributed by atoms with Gasteiger partial charge in [-0.3, -0.25) is 14.4 Å². The molecule has 0 aliphatic carbocycles. The van der Waals surface area contributed by atoms with E-state index >= 15 is 0 Å². The summed E-state index contributed by atoms with van der Waals surface area (Å²) in [6.45, 7) is 11.4. The van der Waals surface area contributed by atoms with Crippen molar-refractivity contribution in [2.75, 3.05) is 13.2 Å². The molecular formula is C55H106O6. The van der Waals surface area contributed by atoms with Crippen LogP contribution in [0.25, 0.3) is 0 Å². The standard InChI is InChI=1S/C55H106O6/c1-6-8-9-10-11-12-13-14-15-16-21-24-27-30-37-42-47-55(58)61-52(49-60-54(57)46-41-36-32-31-34-39-44-51(5)7-2)48-59-53(56)45-40-35-29-26-23-20-18-17-19-22-25-28-33-38-43-50(3)4/h50-52H,6-49H2,1-5H3/t51?,52-/m1/s1. The third-order valence-corrected chi connectivity index (χ3v) is 12.8. The second-order valence-electron chi connectivity index (χ2n) is 19.6. The van der Waals surface area contributed by atoms with Crippen molar-refractivity contribution in [3.8, 4) is 0 Å². The molecule has 0 radical (unpaired) electrons. The van der Waals surface area contributed by atoms with Crippen LogP contribution in [-0.4, -0.2) is 37.2 Å². The lowest BCUT2D eigenvalue weighted by Gasteiger charge is -2.18. The zero-order chi connectivity index (χ0) is 44.7. The van der Waals surface area contributed by atoms with E-state index in [0.717, 1.165) is 69.6 Å². The van der Waals surface area contributed by atoms with Gasteiger partial charge in [-0.2, -0.15) is 0 Å². The molecule has 0 aromatic heterocycles. The Balaban J connectivity index is 4.27. The largest absolute Gasteiger partial charge is 0.462 e. The van der Waals surface area contributed by atoms with Crippen LogP contribution in [0.3, 0.4) is 0 Å². The Hall–Kier alpha value is -1.59. The minimum Gasteiger partial charge on any atom is -0.462 e. The molecule has 0 bridgehead atoms. The monoisotopic (exact) mass is 863 g/mol. The lowest BCUT2D eigenvalue weighted by molar-refractivity contribution is -0.167. The summed E-state index contributed by atoms with van der Waals surface area (Å²) in [5, 5.41) is 0. The van der Waals surface area contributed by atoms with Gasteiger partial charge in [0.2, 0.25) is 0 Å². The molecule has 0 heterocycles. The number of unbranched alkanes of at least 4 members (excludes halogenated alkanes) is 33. The average Bonchev–Trinajstić information content (AvgIpc) is 3.24. The molecule has 2 atom stereocenters. The fraction of sp³-hybridized carbons (Fsp3) is 0.945. The van der Waals surface area contributed by atoms with E-state index in [1.807, 2.05) is 0 Å². The fourth-order valence-corrected chi connectivity index (χ4v) is 8.31. The summed E-state index contributed by atoms with van der Waals surface area (Å²) < 4.78 is 16.8. The maximum absolute atomic E-state index is 12.8. The molecule has 0 spiro atoms. The smallest absolute Gasteiger partial charge is 0.306 e. The van der Waals surface area contributed by atoms with Crippen molar-refractivity contribution >= 4 is 17.9 Å². The Kier molecular flexibility index (Phi) is 46.6. The molecular weight excluding hydrogens is 757 g/mol. The maximum atomic E-state index is 12.8. The Morgan fingerprint density at radius 3 is 0.934 bits per heavy atom. The number of esters is 3. The third-order valence-electron chi connectivity index (χ3n) is 12.8. The van der Waals surface area contributed by atoms with Gasteiger partial charge in [-0.15, -0.1) is 0 Å². The summed E-state index contributed by atoms with van der Waals surface area (Å²) >= 11 is 0. The second-order valence-corrected chi connectivity index (χ2v) is 19.6. The number of hydrogen-bond acceptors (Lipinski definition) is 6. The van der Waals surface area contributed by atoms with Crippen molar-refractivity contribution in [1.82, 2.24) is 0 Å².